The summed E-state index contributed by atoms with van der Waals surface area (Å²) in [5, 5.41) is 2.71. The highest BCUT2D eigenvalue weighted by atomic mass is 16.5. The van der Waals surface area contributed by atoms with Crippen molar-refractivity contribution in [2.75, 3.05) is 26.7 Å². The third-order valence-electron chi connectivity index (χ3n) is 1.55. The summed E-state index contributed by atoms with van der Waals surface area (Å²) in [6.45, 7) is 7.73. The van der Waals surface area contributed by atoms with Gasteiger partial charge in [0.2, 0.25) is 0 Å². The molecule has 0 rings (SSSR count). The minimum atomic E-state index is -0.0464. The SMILES string of the molecule is CCNC(=O)N(C)CCOC(C)C. The van der Waals surface area contributed by atoms with Crippen molar-refractivity contribution in [1.29, 1.82) is 0 Å². The van der Waals surface area contributed by atoms with Gasteiger partial charge >= 0.3 is 6.03 Å². The zero-order valence-electron chi connectivity index (χ0n) is 8.96. The first kappa shape index (κ1) is 12.2. The Labute approximate surface area is 80.2 Å². The van der Waals surface area contributed by atoms with Crippen LogP contribution < -0.4 is 5.32 Å². The maximum atomic E-state index is 11.2. The van der Waals surface area contributed by atoms with Crippen LogP contribution in [0.2, 0.25) is 0 Å². The molecule has 0 heterocycles. The molecule has 0 fully saturated rings. The van der Waals surface area contributed by atoms with Gasteiger partial charge in [0.25, 0.3) is 0 Å². The molecule has 78 valence electrons. The summed E-state index contributed by atoms with van der Waals surface area (Å²) < 4.78 is 5.32. The molecule has 0 aromatic carbocycles. The van der Waals surface area contributed by atoms with E-state index in [4.69, 9.17) is 4.74 Å². The van der Waals surface area contributed by atoms with E-state index in [2.05, 4.69) is 5.32 Å². The molecule has 0 atom stereocenters. The van der Waals surface area contributed by atoms with Crippen LogP contribution in [0.4, 0.5) is 4.79 Å². The first-order chi connectivity index (χ1) is 6.07. The summed E-state index contributed by atoms with van der Waals surface area (Å²) >= 11 is 0. The molecule has 0 aliphatic rings. The number of likely N-dealkylation sites (N-methyl/N-ethyl adjacent to an activating group) is 1. The minimum absolute atomic E-state index is 0.0464. The van der Waals surface area contributed by atoms with Crippen LogP contribution in [0.25, 0.3) is 0 Å². The van der Waals surface area contributed by atoms with E-state index < -0.39 is 0 Å². The van der Waals surface area contributed by atoms with Crippen molar-refractivity contribution in [2.45, 2.75) is 26.9 Å². The highest BCUT2D eigenvalue weighted by molar-refractivity contribution is 5.73. The number of hydrogen-bond donors (Lipinski definition) is 1. The fraction of sp³-hybridized carbons (Fsp3) is 0.889. The second-order valence-electron chi connectivity index (χ2n) is 3.18. The normalized spacial score (nSPS) is 10.2. The second kappa shape index (κ2) is 6.71. The maximum Gasteiger partial charge on any atom is 0.317 e. The van der Waals surface area contributed by atoms with Gasteiger partial charge in [-0.15, -0.1) is 0 Å². The number of nitrogens with one attached hydrogen (secondary N) is 1. The molecule has 4 heteroatoms. The van der Waals surface area contributed by atoms with Crippen LogP contribution in [-0.2, 0) is 4.74 Å². The standard InChI is InChI=1S/C9H20N2O2/c1-5-10-9(12)11(4)6-7-13-8(2)3/h8H,5-7H2,1-4H3,(H,10,12). The van der Waals surface area contributed by atoms with Gasteiger partial charge < -0.3 is 15.0 Å². The molecule has 0 aliphatic carbocycles. The summed E-state index contributed by atoms with van der Waals surface area (Å²) in [7, 11) is 1.76. The van der Waals surface area contributed by atoms with Gasteiger partial charge in [-0.25, -0.2) is 4.79 Å². The lowest BCUT2D eigenvalue weighted by Crippen LogP contribution is -2.39. The molecular formula is C9H20N2O2. The van der Waals surface area contributed by atoms with Gasteiger partial charge in [0.15, 0.2) is 0 Å². The van der Waals surface area contributed by atoms with Crippen molar-refractivity contribution in [3.05, 3.63) is 0 Å². The number of ether oxygens (including phenoxy) is 1. The van der Waals surface area contributed by atoms with Gasteiger partial charge in [-0.05, 0) is 20.8 Å². The van der Waals surface area contributed by atoms with E-state index in [1.54, 1.807) is 11.9 Å². The van der Waals surface area contributed by atoms with E-state index in [1.807, 2.05) is 20.8 Å². The number of amides is 2. The number of hydrogen-bond acceptors (Lipinski definition) is 2. The lowest BCUT2D eigenvalue weighted by Gasteiger charge is -2.18. The summed E-state index contributed by atoms with van der Waals surface area (Å²) in [6, 6.07) is -0.0464. The fourth-order valence-electron chi connectivity index (χ4n) is 0.813. The summed E-state index contributed by atoms with van der Waals surface area (Å²) in [4.78, 5) is 12.8. The molecule has 0 aromatic heterocycles. The van der Waals surface area contributed by atoms with Crippen molar-refractivity contribution in [3.63, 3.8) is 0 Å². The number of carbonyl (C=O) groups is 1. The van der Waals surface area contributed by atoms with Crippen LogP contribution in [0.1, 0.15) is 20.8 Å². The topological polar surface area (TPSA) is 41.6 Å². The molecule has 0 saturated carbocycles. The van der Waals surface area contributed by atoms with E-state index in [1.165, 1.54) is 0 Å². The van der Waals surface area contributed by atoms with Gasteiger partial charge in [0.1, 0.15) is 0 Å². The van der Waals surface area contributed by atoms with Crippen molar-refractivity contribution in [1.82, 2.24) is 10.2 Å². The highest BCUT2D eigenvalue weighted by Crippen LogP contribution is 1.89. The number of urea groups is 1. The van der Waals surface area contributed by atoms with Crippen LogP contribution in [-0.4, -0.2) is 43.8 Å². The first-order valence-electron chi connectivity index (χ1n) is 4.68. The monoisotopic (exact) mass is 188 g/mol. The molecule has 0 spiro atoms. The summed E-state index contributed by atoms with van der Waals surface area (Å²) in [5.74, 6) is 0. The van der Waals surface area contributed by atoms with Crippen molar-refractivity contribution >= 4 is 6.03 Å². The Balaban J connectivity index is 3.49. The largest absolute Gasteiger partial charge is 0.377 e. The molecule has 13 heavy (non-hydrogen) atoms. The molecule has 2 amide bonds. The Morgan fingerprint density at radius 2 is 2.15 bits per heavy atom. The molecule has 0 unspecified atom stereocenters. The van der Waals surface area contributed by atoms with Crippen LogP contribution in [0, 0.1) is 0 Å². The Morgan fingerprint density at radius 3 is 2.62 bits per heavy atom. The second-order valence-corrected chi connectivity index (χ2v) is 3.18. The Kier molecular flexibility index (Phi) is 6.32. The molecule has 0 saturated heterocycles. The van der Waals surface area contributed by atoms with E-state index >= 15 is 0 Å². The van der Waals surface area contributed by atoms with Crippen LogP contribution in [0.15, 0.2) is 0 Å². The van der Waals surface area contributed by atoms with E-state index in [0.29, 0.717) is 19.7 Å². The maximum absolute atomic E-state index is 11.2. The Bertz CT molecular complexity index is 149. The van der Waals surface area contributed by atoms with Crippen LogP contribution in [0.3, 0.4) is 0 Å². The zero-order valence-corrected chi connectivity index (χ0v) is 8.96. The zero-order chi connectivity index (χ0) is 10.3. The molecule has 0 bridgehead atoms. The molecule has 4 nitrogen and oxygen atoms in total. The molecule has 0 radical (unpaired) electrons. The van der Waals surface area contributed by atoms with Gasteiger partial charge in [0.05, 0.1) is 12.7 Å². The Hall–Kier alpha value is -0.770. The van der Waals surface area contributed by atoms with Crippen molar-refractivity contribution < 1.29 is 9.53 Å². The number of nitrogens with zero attached hydrogens (tertiary/aromatic N) is 1. The summed E-state index contributed by atoms with van der Waals surface area (Å²) in [5.41, 5.74) is 0. The van der Waals surface area contributed by atoms with Crippen LogP contribution in [0.5, 0.6) is 0 Å². The quantitative estimate of drug-likeness (QED) is 0.701. The lowest BCUT2D eigenvalue weighted by atomic mass is 10.5. The fourth-order valence-corrected chi connectivity index (χ4v) is 0.813. The average Bonchev–Trinajstić information content (AvgIpc) is 2.04. The number of rotatable bonds is 5. The van der Waals surface area contributed by atoms with E-state index in [9.17, 15) is 4.79 Å². The van der Waals surface area contributed by atoms with Crippen molar-refractivity contribution in [3.8, 4) is 0 Å². The van der Waals surface area contributed by atoms with Crippen molar-refractivity contribution in [2.24, 2.45) is 0 Å². The minimum Gasteiger partial charge on any atom is -0.377 e. The van der Waals surface area contributed by atoms with Crippen LogP contribution >= 0.6 is 0 Å². The third-order valence-corrected chi connectivity index (χ3v) is 1.55. The highest BCUT2D eigenvalue weighted by Gasteiger charge is 2.05. The lowest BCUT2D eigenvalue weighted by molar-refractivity contribution is 0.0681. The molecule has 0 aliphatic heterocycles. The van der Waals surface area contributed by atoms with E-state index in [-0.39, 0.29) is 12.1 Å². The smallest absolute Gasteiger partial charge is 0.317 e. The predicted octanol–water partition coefficient (Wildman–Crippen LogP) is 1.07. The van der Waals surface area contributed by atoms with Gasteiger partial charge in [-0.1, -0.05) is 0 Å². The first-order valence-corrected chi connectivity index (χ1v) is 4.68. The van der Waals surface area contributed by atoms with Gasteiger partial charge in [-0.3, -0.25) is 0 Å². The van der Waals surface area contributed by atoms with Gasteiger partial charge in [-0.2, -0.15) is 0 Å². The Morgan fingerprint density at radius 1 is 1.54 bits per heavy atom. The predicted molar refractivity (Wildman–Crippen MR) is 52.8 cm³/mol. The van der Waals surface area contributed by atoms with Gasteiger partial charge in [0, 0.05) is 20.1 Å². The average molecular weight is 188 g/mol. The summed E-state index contributed by atoms with van der Waals surface area (Å²) in [6.07, 6.45) is 0.225. The third kappa shape index (κ3) is 6.40. The molecule has 1 N–H and O–H groups in total. The molecular weight excluding hydrogens is 168 g/mol. The van der Waals surface area contributed by atoms with E-state index in [0.717, 1.165) is 0 Å². The molecule has 0 aromatic rings. The number of carbonyl (C=O) groups excluding carboxylic acids is 1.